The molecule has 0 aliphatic rings. The van der Waals surface area contributed by atoms with Crippen LogP contribution in [0.15, 0.2) is 16.7 Å². The molecule has 0 radical (unpaired) electrons. The van der Waals surface area contributed by atoms with E-state index < -0.39 is 17.4 Å². The summed E-state index contributed by atoms with van der Waals surface area (Å²) in [5.74, 6) is -1.43. The van der Waals surface area contributed by atoms with Crippen LogP contribution in [0.25, 0.3) is 0 Å². The average Bonchev–Trinajstić information content (AvgIpc) is 2.74. The van der Waals surface area contributed by atoms with Crippen molar-refractivity contribution in [3.05, 3.63) is 41.0 Å². The van der Waals surface area contributed by atoms with E-state index in [1.807, 2.05) is 0 Å². The molecule has 0 aliphatic heterocycles. The van der Waals surface area contributed by atoms with Crippen LogP contribution in [0.1, 0.15) is 17.3 Å². The van der Waals surface area contributed by atoms with Gasteiger partial charge in [-0.1, -0.05) is 5.16 Å². The maximum Gasteiger partial charge on any atom is 0.264 e. The van der Waals surface area contributed by atoms with Crippen LogP contribution in [0.5, 0.6) is 5.75 Å². The van der Waals surface area contributed by atoms with Crippen LogP contribution in [0.3, 0.4) is 0 Å². The normalized spacial score (nSPS) is 10.7. The van der Waals surface area contributed by atoms with Crippen LogP contribution in [-0.2, 0) is 13.0 Å². The molecule has 0 atom stereocenters. The van der Waals surface area contributed by atoms with Crippen molar-refractivity contribution in [2.75, 3.05) is 6.54 Å². The average molecular weight is 269 g/mol. The molecule has 0 saturated heterocycles. The molecule has 0 unspecified atom stereocenters. The molecule has 1 aromatic carbocycles. The van der Waals surface area contributed by atoms with Crippen molar-refractivity contribution in [2.24, 2.45) is 5.73 Å². The van der Waals surface area contributed by atoms with Crippen LogP contribution in [0, 0.1) is 18.6 Å². The van der Waals surface area contributed by atoms with Gasteiger partial charge in [-0.15, -0.1) is 0 Å². The van der Waals surface area contributed by atoms with Gasteiger partial charge in [0.15, 0.2) is 29.8 Å². The Kier molecular flexibility index (Phi) is 4.06. The van der Waals surface area contributed by atoms with Crippen molar-refractivity contribution in [3.63, 3.8) is 0 Å². The minimum absolute atomic E-state index is 0.155. The van der Waals surface area contributed by atoms with Gasteiger partial charge >= 0.3 is 0 Å². The minimum Gasteiger partial charge on any atom is -0.478 e. The molecule has 102 valence electrons. The standard InChI is InChI=1S/C12H13F2N3O2/c1-7-16-11(19-17-7)6-18-12-9(13)4-8(2-3-15)5-10(12)14/h4-5H,2-3,6,15H2,1H3. The maximum atomic E-state index is 13.7. The Hall–Kier alpha value is -2.02. The number of hydrogen-bond donors (Lipinski definition) is 1. The summed E-state index contributed by atoms with van der Waals surface area (Å²) in [7, 11) is 0. The molecular formula is C12H13F2N3O2. The number of nitrogens with two attached hydrogens (primary N) is 1. The zero-order valence-electron chi connectivity index (χ0n) is 10.3. The van der Waals surface area contributed by atoms with Crippen molar-refractivity contribution < 1.29 is 18.0 Å². The summed E-state index contributed by atoms with van der Waals surface area (Å²) in [6.07, 6.45) is 0.400. The molecule has 0 aliphatic carbocycles. The van der Waals surface area contributed by atoms with E-state index in [-0.39, 0.29) is 12.5 Å². The lowest BCUT2D eigenvalue weighted by Crippen LogP contribution is -2.05. The zero-order chi connectivity index (χ0) is 13.8. The molecule has 2 rings (SSSR count). The van der Waals surface area contributed by atoms with Crippen LogP contribution in [-0.4, -0.2) is 16.7 Å². The van der Waals surface area contributed by atoms with E-state index in [0.717, 1.165) is 0 Å². The SMILES string of the molecule is Cc1noc(COc2c(F)cc(CCN)cc2F)n1. The summed E-state index contributed by atoms with van der Waals surface area (Å²) in [6.45, 7) is 1.76. The van der Waals surface area contributed by atoms with E-state index >= 15 is 0 Å². The van der Waals surface area contributed by atoms with E-state index in [9.17, 15) is 8.78 Å². The fourth-order valence-corrected chi connectivity index (χ4v) is 1.59. The predicted molar refractivity (Wildman–Crippen MR) is 62.5 cm³/mol. The molecule has 7 heteroatoms. The Balaban J connectivity index is 2.11. The van der Waals surface area contributed by atoms with E-state index in [4.69, 9.17) is 15.0 Å². The molecular weight excluding hydrogens is 256 g/mol. The first kappa shape index (κ1) is 13.4. The number of nitrogens with zero attached hydrogens (tertiary/aromatic N) is 2. The monoisotopic (exact) mass is 269 g/mol. The third-order valence-electron chi connectivity index (χ3n) is 2.40. The van der Waals surface area contributed by atoms with Crippen molar-refractivity contribution >= 4 is 0 Å². The van der Waals surface area contributed by atoms with Gasteiger partial charge in [0.25, 0.3) is 5.89 Å². The molecule has 2 aromatic rings. The fraction of sp³-hybridized carbons (Fsp3) is 0.333. The van der Waals surface area contributed by atoms with Gasteiger partial charge in [-0.25, -0.2) is 8.78 Å². The molecule has 19 heavy (non-hydrogen) atoms. The second kappa shape index (κ2) is 5.75. The Morgan fingerprint density at radius 2 is 2.00 bits per heavy atom. The number of benzene rings is 1. The van der Waals surface area contributed by atoms with Gasteiger partial charge < -0.3 is 15.0 Å². The van der Waals surface area contributed by atoms with Crippen molar-refractivity contribution in [1.29, 1.82) is 0 Å². The van der Waals surface area contributed by atoms with Gasteiger partial charge in [0.05, 0.1) is 0 Å². The van der Waals surface area contributed by atoms with Gasteiger partial charge in [-0.05, 0) is 37.6 Å². The van der Waals surface area contributed by atoms with E-state index in [2.05, 4.69) is 10.1 Å². The number of halogens is 2. The maximum absolute atomic E-state index is 13.7. The number of ether oxygens (including phenoxy) is 1. The van der Waals surface area contributed by atoms with E-state index in [1.54, 1.807) is 6.92 Å². The smallest absolute Gasteiger partial charge is 0.264 e. The van der Waals surface area contributed by atoms with Crippen molar-refractivity contribution in [1.82, 2.24) is 10.1 Å². The molecule has 5 nitrogen and oxygen atoms in total. The number of hydrogen-bond acceptors (Lipinski definition) is 5. The van der Waals surface area contributed by atoms with Crippen LogP contribution in [0.2, 0.25) is 0 Å². The lowest BCUT2D eigenvalue weighted by atomic mass is 10.1. The van der Waals surface area contributed by atoms with Gasteiger partial charge in [-0.2, -0.15) is 4.98 Å². The summed E-state index contributed by atoms with van der Waals surface area (Å²) >= 11 is 0. The first-order chi connectivity index (χ1) is 9.10. The number of rotatable bonds is 5. The van der Waals surface area contributed by atoms with E-state index in [1.165, 1.54) is 12.1 Å². The summed E-state index contributed by atoms with van der Waals surface area (Å²) in [6, 6.07) is 2.40. The lowest BCUT2D eigenvalue weighted by molar-refractivity contribution is 0.224. The molecule has 0 amide bonds. The largest absolute Gasteiger partial charge is 0.478 e. The molecule has 0 fully saturated rings. The number of aromatic nitrogens is 2. The van der Waals surface area contributed by atoms with Gasteiger partial charge in [-0.3, -0.25) is 0 Å². The summed E-state index contributed by atoms with van der Waals surface area (Å²) < 4.78 is 37.1. The Morgan fingerprint density at radius 1 is 1.32 bits per heavy atom. The van der Waals surface area contributed by atoms with Gasteiger partial charge in [0.1, 0.15) is 0 Å². The highest BCUT2D eigenvalue weighted by atomic mass is 19.1. The second-order valence-electron chi connectivity index (χ2n) is 3.95. The Labute approximate surface area is 108 Å². The molecule has 0 spiro atoms. The summed E-state index contributed by atoms with van der Waals surface area (Å²) in [4.78, 5) is 3.87. The Morgan fingerprint density at radius 3 is 2.53 bits per heavy atom. The molecule has 1 heterocycles. The first-order valence-electron chi connectivity index (χ1n) is 5.70. The quantitative estimate of drug-likeness (QED) is 0.894. The lowest BCUT2D eigenvalue weighted by Gasteiger charge is -2.08. The van der Waals surface area contributed by atoms with Crippen LogP contribution in [0.4, 0.5) is 8.78 Å². The number of aryl methyl sites for hydroxylation is 1. The van der Waals surface area contributed by atoms with Crippen LogP contribution < -0.4 is 10.5 Å². The second-order valence-corrected chi connectivity index (χ2v) is 3.95. The highest BCUT2D eigenvalue weighted by Crippen LogP contribution is 2.24. The predicted octanol–water partition coefficient (Wildman–Crippen LogP) is 1.74. The van der Waals surface area contributed by atoms with Gasteiger partial charge in [0.2, 0.25) is 0 Å². The minimum atomic E-state index is -0.778. The zero-order valence-corrected chi connectivity index (χ0v) is 10.3. The fourth-order valence-electron chi connectivity index (χ4n) is 1.59. The van der Waals surface area contributed by atoms with Crippen molar-refractivity contribution in [2.45, 2.75) is 20.0 Å². The topological polar surface area (TPSA) is 74.2 Å². The Bertz CT molecular complexity index is 549. The highest BCUT2D eigenvalue weighted by Gasteiger charge is 2.14. The summed E-state index contributed by atoms with van der Waals surface area (Å²) in [5.41, 5.74) is 5.82. The first-order valence-corrected chi connectivity index (χ1v) is 5.70. The van der Waals surface area contributed by atoms with Gasteiger partial charge in [0, 0.05) is 0 Å². The third kappa shape index (κ3) is 3.25. The summed E-state index contributed by atoms with van der Waals surface area (Å²) in [5, 5.41) is 3.54. The molecule has 1 aromatic heterocycles. The van der Waals surface area contributed by atoms with E-state index in [0.29, 0.717) is 24.4 Å². The molecule has 0 bridgehead atoms. The third-order valence-corrected chi connectivity index (χ3v) is 2.40. The van der Waals surface area contributed by atoms with Crippen LogP contribution >= 0.6 is 0 Å². The molecule has 0 saturated carbocycles. The molecule has 2 N–H and O–H groups in total. The highest BCUT2D eigenvalue weighted by molar-refractivity contribution is 5.31. The van der Waals surface area contributed by atoms with Crippen molar-refractivity contribution in [3.8, 4) is 5.75 Å².